The van der Waals surface area contributed by atoms with Crippen LogP contribution in [0.15, 0.2) is 66.7 Å². The predicted octanol–water partition coefficient (Wildman–Crippen LogP) is 5.28. The molecule has 0 fully saturated rings. The van der Waals surface area contributed by atoms with Gasteiger partial charge in [0.2, 0.25) is 0 Å². The lowest BCUT2D eigenvalue weighted by Crippen LogP contribution is -2.43. The van der Waals surface area contributed by atoms with E-state index in [0.717, 1.165) is 22.3 Å². The molecule has 5 nitrogen and oxygen atoms in total. The molecular weight excluding hydrogens is 412 g/mol. The van der Waals surface area contributed by atoms with Gasteiger partial charge < -0.3 is 4.74 Å². The van der Waals surface area contributed by atoms with Crippen molar-refractivity contribution in [1.82, 2.24) is 10.9 Å². The molecule has 0 bridgehead atoms. The lowest BCUT2D eigenvalue weighted by atomic mass is 10.0. The number of amides is 2. The highest BCUT2D eigenvalue weighted by Crippen LogP contribution is 2.31. The molecular formula is C25H25ClN2O3. The third kappa shape index (κ3) is 5.86. The quantitative estimate of drug-likeness (QED) is 0.516. The molecule has 6 heteroatoms. The number of hydrazine groups is 1. The first kappa shape index (κ1) is 22.4. The van der Waals surface area contributed by atoms with Crippen molar-refractivity contribution in [2.24, 2.45) is 0 Å². The van der Waals surface area contributed by atoms with Crippen LogP contribution in [-0.2, 0) is 4.79 Å². The van der Waals surface area contributed by atoms with Gasteiger partial charge in [0.05, 0.1) is 0 Å². The monoisotopic (exact) mass is 436 g/mol. The van der Waals surface area contributed by atoms with E-state index in [4.69, 9.17) is 16.3 Å². The number of ether oxygens (including phenoxy) is 1. The van der Waals surface area contributed by atoms with E-state index in [1.807, 2.05) is 75.4 Å². The Labute approximate surface area is 187 Å². The topological polar surface area (TPSA) is 67.4 Å². The van der Waals surface area contributed by atoms with Crippen LogP contribution in [0.25, 0.3) is 11.1 Å². The molecule has 2 N–H and O–H groups in total. The van der Waals surface area contributed by atoms with Gasteiger partial charge in [0.15, 0.2) is 6.61 Å². The molecule has 0 radical (unpaired) electrons. The van der Waals surface area contributed by atoms with Crippen LogP contribution in [0.4, 0.5) is 0 Å². The molecule has 3 aromatic carbocycles. The number of aryl methyl sites for hydroxylation is 1. The summed E-state index contributed by atoms with van der Waals surface area (Å²) in [5.41, 5.74) is 9.10. The van der Waals surface area contributed by atoms with Crippen molar-refractivity contribution in [3.8, 4) is 16.9 Å². The van der Waals surface area contributed by atoms with Crippen molar-refractivity contribution in [3.05, 3.63) is 88.4 Å². The fourth-order valence-electron chi connectivity index (χ4n) is 3.07. The number of hydrogen-bond donors (Lipinski definition) is 2. The summed E-state index contributed by atoms with van der Waals surface area (Å²) in [7, 11) is 0. The molecule has 0 aliphatic rings. The summed E-state index contributed by atoms with van der Waals surface area (Å²) in [5, 5.41) is 0.658. The first-order valence-electron chi connectivity index (χ1n) is 10.0. The molecule has 0 atom stereocenters. The van der Waals surface area contributed by atoms with Crippen molar-refractivity contribution in [2.45, 2.75) is 26.7 Å². The van der Waals surface area contributed by atoms with Gasteiger partial charge in [0, 0.05) is 10.6 Å². The van der Waals surface area contributed by atoms with Crippen LogP contribution in [0, 0.1) is 6.92 Å². The summed E-state index contributed by atoms with van der Waals surface area (Å²) < 4.78 is 5.68. The van der Waals surface area contributed by atoms with Crippen molar-refractivity contribution in [1.29, 1.82) is 0 Å². The summed E-state index contributed by atoms with van der Waals surface area (Å²) >= 11 is 6.20. The molecule has 3 rings (SSSR count). The van der Waals surface area contributed by atoms with E-state index < -0.39 is 11.8 Å². The molecule has 160 valence electrons. The average molecular weight is 437 g/mol. The van der Waals surface area contributed by atoms with Gasteiger partial charge in [-0.15, -0.1) is 0 Å². The largest absolute Gasteiger partial charge is 0.483 e. The van der Waals surface area contributed by atoms with Crippen LogP contribution in [0.2, 0.25) is 5.02 Å². The highest BCUT2D eigenvalue weighted by Gasteiger charge is 2.13. The number of carbonyl (C=O) groups is 2. The van der Waals surface area contributed by atoms with Crippen LogP contribution in [0.1, 0.15) is 41.3 Å². The molecule has 0 spiro atoms. The highest BCUT2D eigenvalue weighted by molar-refractivity contribution is 6.31. The molecule has 0 saturated carbocycles. The first-order valence-corrected chi connectivity index (χ1v) is 10.4. The minimum absolute atomic E-state index is 0.190. The van der Waals surface area contributed by atoms with Crippen LogP contribution in [0.5, 0.6) is 5.75 Å². The van der Waals surface area contributed by atoms with E-state index in [-0.39, 0.29) is 12.5 Å². The zero-order valence-electron chi connectivity index (χ0n) is 17.7. The van der Waals surface area contributed by atoms with Crippen LogP contribution in [-0.4, -0.2) is 18.4 Å². The van der Waals surface area contributed by atoms with Gasteiger partial charge in [-0.05, 0) is 59.4 Å². The van der Waals surface area contributed by atoms with E-state index in [1.54, 1.807) is 12.1 Å². The maximum atomic E-state index is 12.3. The van der Waals surface area contributed by atoms with Crippen LogP contribution < -0.4 is 15.6 Å². The maximum absolute atomic E-state index is 12.3. The molecule has 0 saturated heterocycles. The molecule has 0 aliphatic carbocycles. The van der Waals surface area contributed by atoms with E-state index >= 15 is 0 Å². The second-order valence-corrected chi connectivity index (χ2v) is 7.94. The lowest BCUT2D eigenvalue weighted by molar-refractivity contribution is -0.123. The average Bonchev–Trinajstić information content (AvgIpc) is 2.78. The Balaban J connectivity index is 1.54. The SMILES string of the molecule is Cc1cc(OCC(=O)NNC(=O)c2ccc(-c3ccccc3)cc2)c(C(C)C)cc1Cl. The number of nitrogens with one attached hydrogen (secondary N) is 2. The Hall–Kier alpha value is -3.31. The fraction of sp³-hybridized carbons (Fsp3) is 0.200. The third-order valence-corrected chi connectivity index (χ3v) is 5.25. The Morgan fingerprint density at radius 3 is 2.23 bits per heavy atom. The number of hydrogen-bond acceptors (Lipinski definition) is 3. The van der Waals surface area contributed by atoms with Gasteiger partial charge in [-0.2, -0.15) is 0 Å². The Kier molecular flexibility index (Phi) is 7.32. The third-order valence-electron chi connectivity index (χ3n) is 4.84. The van der Waals surface area contributed by atoms with Crippen molar-refractivity contribution in [3.63, 3.8) is 0 Å². The van der Waals surface area contributed by atoms with Gasteiger partial charge in [-0.1, -0.05) is 67.9 Å². The molecule has 0 heterocycles. The van der Waals surface area contributed by atoms with Crippen LogP contribution in [0.3, 0.4) is 0 Å². The van der Waals surface area contributed by atoms with Crippen molar-refractivity contribution < 1.29 is 14.3 Å². The minimum Gasteiger partial charge on any atom is -0.483 e. The van der Waals surface area contributed by atoms with Crippen LogP contribution >= 0.6 is 11.6 Å². The molecule has 0 aromatic heterocycles. The Morgan fingerprint density at radius 1 is 0.935 bits per heavy atom. The fourth-order valence-corrected chi connectivity index (χ4v) is 3.24. The summed E-state index contributed by atoms with van der Waals surface area (Å²) in [6.45, 7) is 5.70. The summed E-state index contributed by atoms with van der Waals surface area (Å²) in [5.74, 6) is -0.0701. The normalized spacial score (nSPS) is 10.6. The molecule has 0 unspecified atom stereocenters. The minimum atomic E-state index is -0.462. The van der Waals surface area contributed by atoms with Gasteiger partial charge in [0.1, 0.15) is 5.75 Å². The second-order valence-electron chi connectivity index (χ2n) is 7.53. The van der Waals surface area contributed by atoms with Crippen molar-refractivity contribution in [2.75, 3.05) is 6.61 Å². The predicted molar refractivity (Wildman–Crippen MR) is 123 cm³/mol. The number of carbonyl (C=O) groups excluding carboxylic acids is 2. The summed E-state index contributed by atoms with van der Waals surface area (Å²) in [6.07, 6.45) is 0. The zero-order valence-corrected chi connectivity index (χ0v) is 18.5. The standard InChI is InChI=1S/C25H25ClN2O3/c1-16(2)21-14-22(26)17(3)13-23(21)31-15-24(29)27-28-25(30)20-11-9-19(10-12-20)18-7-5-4-6-8-18/h4-14,16H,15H2,1-3H3,(H,27,29)(H,28,30). The number of halogens is 1. The molecule has 31 heavy (non-hydrogen) atoms. The summed E-state index contributed by atoms with van der Waals surface area (Å²) in [4.78, 5) is 24.5. The van der Waals surface area contributed by atoms with Gasteiger partial charge in [-0.3, -0.25) is 20.4 Å². The van der Waals surface area contributed by atoms with Gasteiger partial charge in [-0.25, -0.2) is 0 Å². The second kappa shape index (κ2) is 10.1. The molecule has 2 amide bonds. The van der Waals surface area contributed by atoms with E-state index in [0.29, 0.717) is 16.3 Å². The summed E-state index contributed by atoms with van der Waals surface area (Å²) in [6, 6.07) is 20.7. The van der Waals surface area contributed by atoms with E-state index in [9.17, 15) is 9.59 Å². The lowest BCUT2D eigenvalue weighted by Gasteiger charge is -2.16. The van der Waals surface area contributed by atoms with E-state index in [2.05, 4.69) is 10.9 Å². The zero-order chi connectivity index (χ0) is 22.4. The highest BCUT2D eigenvalue weighted by atomic mass is 35.5. The Bertz CT molecular complexity index is 1060. The Morgan fingerprint density at radius 2 is 1.58 bits per heavy atom. The molecule has 3 aromatic rings. The number of benzene rings is 3. The van der Waals surface area contributed by atoms with Gasteiger partial charge in [0.25, 0.3) is 11.8 Å². The first-order chi connectivity index (χ1) is 14.8. The molecule has 0 aliphatic heterocycles. The van der Waals surface area contributed by atoms with E-state index in [1.165, 1.54) is 0 Å². The van der Waals surface area contributed by atoms with Crippen molar-refractivity contribution >= 4 is 23.4 Å². The maximum Gasteiger partial charge on any atom is 0.276 e. The van der Waals surface area contributed by atoms with Gasteiger partial charge >= 0.3 is 0 Å². The number of rotatable bonds is 6. The smallest absolute Gasteiger partial charge is 0.276 e.